The van der Waals surface area contributed by atoms with E-state index in [0.29, 0.717) is 0 Å². The largest absolute Gasteiger partial charge is 0.468 e. The Balaban J connectivity index is 2.48. The quantitative estimate of drug-likeness (QED) is 0.505. The molecule has 1 amide bonds. The summed E-state index contributed by atoms with van der Waals surface area (Å²) in [6.07, 6.45) is 1.32. The van der Waals surface area contributed by atoms with Crippen molar-refractivity contribution in [2.45, 2.75) is 3.92 Å². The molecule has 1 atom stereocenters. The van der Waals surface area contributed by atoms with Gasteiger partial charge in [0.05, 0.1) is 18.9 Å². The molecule has 0 bridgehead atoms. The number of ether oxygens (including phenoxy) is 1. The Labute approximate surface area is 111 Å². The maximum atomic E-state index is 11.5. The average Bonchev–Trinajstić information content (AvgIpc) is 2.70. The second-order valence-corrected chi connectivity index (χ2v) is 4.66. The highest BCUT2D eigenvalue weighted by atomic mass is 127. The third-order valence-corrected chi connectivity index (χ3v) is 3.00. The summed E-state index contributed by atoms with van der Waals surface area (Å²) in [5.74, 6) is -0.775. The smallest absolute Gasteiger partial charge is 0.320 e. The van der Waals surface area contributed by atoms with Crippen molar-refractivity contribution in [1.82, 2.24) is 5.32 Å². The Bertz CT molecular complexity index is 393. The van der Waals surface area contributed by atoms with Crippen molar-refractivity contribution in [3.8, 4) is 0 Å². The fraction of sp³-hybridized carbons (Fsp3) is 0.333. The summed E-state index contributed by atoms with van der Waals surface area (Å²) >= 11 is 7.50. The van der Waals surface area contributed by atoms with Crippen LogP contribution in [0.4, 0.5) is 0 Å². The maximum absolute atomic E-state index is 11.5. The minimum atomic E-state index is -0.433. The van der Waals surface area contributed by atoms with Crippen LogP contribution < -0.4 is 5.32 Å². The summed E-state index contributed by atoms with van der Waals surface area (Å²) in [7, 11) is 1.29. The van der Waals surface area contributed by atoms with Gasteiger partial charge in [-0.1, -0.05) is 22.6 Å². The first-order valence-corrected chi connectivity index (χ1v) is 5.91. The lowest BCUT2D eigenvalue weighted by molar-refractivity contribution is -0.139. The van der Waals surface area contributed by atoms with Crippen molar-refractivity contribution < 1.29 is 18.7 Å². The van der Waals surface area contributed by atoms with Crippen LogP contribution in [-0.2, 0) is 9.53 Å². The SMILES string of the molecule is COC(=O)C(I)CNC(=O)c1ccoc1Cl. The van der Waals surface area contributed by atoms with E-state index in [1.807, 2.05) is 22.6 Å². The van der Waals surface area contributed by atoms with Crippen molar-refractivity contribution >= 4 is 46.1 Å². The van der Waals surface area contributed by atoms with Crippen molar-refractivity contribution in [2.24, 2.45) is 0 Å². The third kappa shape index (κ3) is 3.38. The van der Waals surface area contributed by atoms with Crippen LogP contribution in [0.1, 0.15) is 10.4 Å². The number of nitrogens with one attached hydrogen (secondary N) is 1. The summed E-state index contributed by atoms with van der Waals surface area (Å²) in [6, 6.07) is 1.46. The van der Waals surface area contributed by atoms with Crippen LogP contribution in [0.3, 0.4) is 0 Å². The van der Waals surface area contributed by atoms with Gasteiger partial charge in [0.2, 0.25) is 5.22 Å². The summed E-state index contributed by atoms with van der Waals surface area (Å²) in [6.45, 7) is 0.174. The van der Waals surface area contributed by atoms with Gasteiger partial charge in [0, 0.05) is 6.54 Å². The minimum Gasteiger partial charge on any atom is -0.468 e. The number of furan rings is 1. The van der Waals surface area contributed by atoms with E-state index in [0.717, 1.165) is 0 Å². The molecule has 0 spiro atoms. The van der Waals surface area contributed by atoms with Crippen molar-refractivity contribution in [3.05, 3.63) is 23.1 Å². The van der Waals surface area contributed by atoms with Crippen LogP contribution >= 0.6 is 34.2 Å². The van der Waals surface area contributed by atoms with Gasteiger partial charge in [-0.25, -0.2) is 0 Å². The Kier molecular flexibility index (Phi) is 5.07. The van der Waals surface area contributed by atoms with E-state index < -0.39 is 3.92 Å². The topological polar surface area (TPSA) is 68.5 Å². The number of rotatable bonds is 4. The molecule has 0 saturated heterocycles. The van der Waals surface area contributed by atoms with E-state index in [1.54, 1.807) is 0 Å². The number of carbonyl (C=O) groups excluding carboxylic acids is 2. The highest BCUT2D eigenvalue weighted by Crippen LogP contribution is 2.16. The maximum Gasteiger partial charge on any atom is 0.320 e. The molecule has 88 valence electrons. The van der Waals surface area contributed by atoms with Gasteiger partial charge in [-0.3, -0.25) is 9.59 Å². The van der Waals surface area contributed by atoms with Gasteiger partial charge in [0.15, 0.2) is 0 Å². The molecule has 1 aromatic heterocycles. The average molecular weight is 358 g/mol. The van der Waals surface area contributed by atoms with Crippen LogP contribution in [0.15, 0.2) is 16.7 Å². The molecule has 1 rings (SSSR count). The summed E-state index contributed by atoms with van der Waals surface area (Å²) in [5, 5.41) is 2.58. The number of esters is 1. The lowest BCUT2D eigenvalue weighted by Crippen LogP contribution is -2.33. The first-order valence-electron chi connectivity index (χ1n) is 4.29. The number of methoxy groups -OCH3 is 1. The zero-order chi connectivity index (χ0) is 12.1. The molecule has 0 radical (unpaired) electrons. The molecule has 7 heteroatoms. The van der Waals surface area contributed by atoms with Gasteiger partial charge >= 0.3 is 5.97 Å². The predicted octanol–water partition coefficient (Wildman–Crippen LogP) is 1.64. The Morgan fingerprint density at radius 3 is 2.88 bits per heavy atom. The Morgan fingerprint density at radius 1 is 1.69 bits per heavy atom. The molecule has 0 aliphatic rings. The molecule has 16 heavy (non-hydrogen) atoms. The van der Waals surface area contributed by atoms with Crippen LogP contribution in [-0.4, -0.2) is 29.5 Å². The highest BCUT2D eigenvalue weighted by Gasteiger charge is 2.18. The van der Waals surface area contributed by atoms with Gasteiger partial charge in [-0.2, -0.15) is 0 Å². The predicted molar refractivity (Wildman–Crippen MR) is 65.9 cm³/mol. The fourth-order valence-electron chi connectivity index (χ4n) is 0.944. The summed E-state index contributed by atoms with van der Waals surface area (Å²) < 4.78 is 8.86. The van der Waals surface area contributed by atoms with Crippen molar-refractivity contribution in [1.29, 1.82) is 0 Å². The molecule has 0 fully saturated rings. The van der Waals surface area contributed by atoms with E-state index in [1.165, 1.54) is 19.4 Å². The third-order valence-electron chi connectivity index (χ3n) is 1.76. The fourth-order valence-corrected chi connectivity index (χ4v) is 1.62. The van der Waals surface area contributed by atoms with Crippen molar-refractivity contribution in [3.63, 3.8) is 0 Å². The molecule has 0 aliphatic carbocycles. The number of carbonyl (C=O) groups is 2. The minimum absolute atomic E-state index is 0.0283. The number of alkyl halides is 1. The molecule has 1 unspecified atom stereocenters. The monoisotopic (exact) mass is 357 g/mol. The number of halogens is 2. The molecule has 1 heterocycles. The van der Waals surface area contributed by atoms with E-state index in [2.05, 4.69) is 10.1 Å². The van der Waals surface area contributed by atoms with Crippen LogP contribution in [0, 0.1) is 0 Å². The molecule has 0 aromatic carbocycles. The second kappa shape index (κ2) is 6.09. The Hall–Kier alpha value is -0.760. The molecular weight excluding hydrogens is 348 g/mol. The van der Waals surface area contributed by atoms with Crippen LogP contribution in [0.25, 0.3) is 0 Å². The number of hydrogen-bond acceptors (Lipinski definition) is 4. The van der Waals surface area contributed by atoms with Gasteiger partial charge in [0.25, 0.3) is 5.91 Å². The highest BCUT2D eigenvalue weighted by molar-refractivity contribution is 14.1. The molecule has 1 N–H and O–H groups in total. The molecule has 1 aromatic rings. The molecule has 5 nitrogen and oxygen atoms in total. The van der Waals surface area contributed by atoms with Gasteiger partial charge in [-0.15, -0.1) is 0 Å². The number of hydrogen-bond donors (Lipinski definition) is 1. The van der Waals surface area contributed by atoms with E-state index in [4.69, 9.17) is 16.0 Å². The van der Waals surface area contributed by atoms with E-state index in [-0.39, 0.29) is 29.2 Å². The standard InChI is InChI=1S/C9H9ClINO4/c1-15-9(14)6(11)4-12-8(13)5-2-3-16-7(5)10/h2-3,6H,4H2,1H3,(H,12,13). The second-order valence-electron chi connectivity index (χ2n) is 2.81. The van der Waals surface area contributed by atoms with Gasteiger partial charge < -0.3 is 14.5 Å². The van der Waals surface area contributed by atoms with E-state index in [9.17, 15) is 9.59 Å². The molecular formula is C9H9ClINO4. The first-order chi connectivity index (χ1) is 7.56. The Morgan fingerprint density at radius 2 is 2.38 bits per heavy atom. The van der Waals surface area contributed by atoms with Gasteiger partial charge in [0.1, 0.15) is 3.92 Å². The first kappa shape index (κ1) is 13.3. The molecule has 0 aliphatic heterocycles. The normalized spacial score (nSPS) is 11.9. The summed E-state index contributed by atoms with van der Waals surface area (Å²) in [5.41, 5.74) is 0.245. The zero-order valence-electron chi connectivity index (χ0n) is 8.33. The lowest BCUT2D eigenvalue weighted by Gasteiger charge is -2.08. The van der Waals surface area contributed by atoms with Gasteiger partial charge in [-0.05, 0) is 17.7 Å². The van der Waals surface area contributed by atoms with Crippen LogP contribution in [0.2, 0.25) is 5.22 Å². The summed E-state index contributed by atoms with van der Waals surface area (Å²) in [4.78, 5) is 22.6. The number of amides is 1. The van der Waals surface area contributed by atoms with E-state index >= 15 is 0 Å². The zero-order valence-corrected chi connectivity index (χ0v) is 11.2. The lowest BCUT2D eigenvalue weighted by atomic mass is 10.3. The molecule has 0 saturated carbocycles. The van der Waals surface area contributed by atoms with Crippen molar-refractivity contribution in [2.75, 3.05) is 13.7 Å². The van der Waals surface area contributed by atoms with Crippen LogP contribution in [0.5, 0.6) is 0 Å².